The number of hydrogen-bond donors (Lipinski definition) is 2. The molecule has 1 unspecified atom stereocenters. The van der Waals surface area contributed by atoms with Crippen LogP contribution in [0, 0.1) is 0 Å². The first kappa shape index (κ1) is 7.01. The molecule has 5 heteroatoms. The van der Waals surface area contributed by atoms with Crippen molar-refractivity contribution in [3.63, 3.8) is 0 Å². The molecule has 1 heterocycles. The van der Waals surface area contributed by atoms with Gasteiger partial charge in [0.15, 0.2) is 0 Å². The van der Waals surface area contributed by atoms with Crippen molar-refractivity contribution in [2.45, 2.75) is 12.6 Å². The highest BCUT2D eigenvalue weighted by atomic mass is 16.3. The third-order valence-corrected chi connectivity index (χ3v) is 1.34. The maximum atomic E-state index is 10.7. The summed E-state index contributed by atoms with van der Waals surface area (Å²) in [6.07, 6.45) is -1.06. The zero-order valence-corrected chi connectivity index (χ0v) is 5.50. The number of aliphatic hydroxyl groups excluding tert-OH is 1. The molecule has 0 aromatic carbocycles. The Morgan fingerprint density at radius 3 is 2.80 bits per heavy atom. The van der Waals surface area contributed by atoms with Crippen molar-refractivity contribution in [2.75, 3.05) is 7.05 Å². The molecule has 0 saturated carbocycles. The van der Waals surface area contributed by atoms with Crippen LogP contribution in [-0.4, -0.2) is 35.2 Å². The van der Waals surface area contributed by atoms with E-state index in [2.05, 4.69) is 5.32 Å². The van der Waals surface area contributed by atoms with Crippen molar-refractivity contribution < 1.29 is 14.7 Å². The van der Waals surface area contributed by atoms with Gasteiger partial charge in [-0.15, -0.1) is 0 Å². The largest absolute Gasteiger partial charge is 0.373 e. The SMILES string of the molecule is CN1C(=O)CC(O)NC1=O. The Morgan fingerprint density at radius 1 is 1.70 bits per heavy atom. The van der Waals surface area contributed by atoms with Gasteiger partial charge in [-0.1, -0.05) is 0 Å². The molecule has 1 fully saturated rings. The molecule has 0 aromatic rings. The maximum absolute atomic E-state index is 10.7. The summed E-state index contributed by atoms with van der Waals surface area (Å²) in [6.45, 7) is 0. The number of carbonyl (C=O) groups is 2. The van der Waals surface area contributed by atoms with Crippen molar-refractivity contribution in [1.29, 1.82) is 0 Å². The zero-order chi connectivity index (χ0) is 7.72. The Kier molecular flexibility index (Phi) is 1.58. The highest BCUT2D eigenvalue weighted by Gasteiger charge is 2.27. The fourth-order valence-electron chi connectivity index (χ4n) is 0.706. The van der Waals surface area contributed by atoms with E-state index in [0.29, 0.717) is 0 Å². The average molecular weight is 144 g/mol. The van der Waals surface area contributed by atoms with E-state index in [9.17, 15) is 9.59 Å². The van der Waals surface area contributed by atoms with Crippen LogP contribution in [0.15, 0.2) is 0 Å². The molecule has 0 radical (unpaired) electrons. The van der Waals surface area contributed by atoms with E-state index in [-0.39, 0.29) is 12.3 Å². The van der Waals surface area contributed by atoms with Gasteiger partial charge in [0, 0.05) is 7.05 Å². The van der Waals surface area contributed by atoms with Gasteiger partial charge in [0.05, 0.1) is 6.42 Å². The molecule has 0 bridgehead atoms. The molecule has 1 aliphatic rings. The molecule has 0 aliphatic carbocycles. The summed E-state index contributed by atoms with van der Waals surface area (Å²) < 4.78 is 0. The molecule has 2 N–H and O–H groups in total. The fourth-order valence-corrected chi connectivity index (χ4v) is 0.706. The number of urea groups is 1. The van der Waals surface area contributed by atoms with E-state index >= 15 is 0 Å². The number of rotatable bonds is 0. The first-order chi connectivity index (χ1) is 4.61. The highest BCUT2D eigenvalue weighted by molar-refractivity contribution is 5.96. The Labute approximate surface area is 57.6 Å². The van der Waals surface area contributed by atoms with Crippen molar-refractivity contribution in [2.24, 2.45) is 0 Å². The van der Waals surface area contributed by atoms with Gasteiger partial charge in [0.2, 0.25) is 5.91 Å². The normalized spacial score (nSPS) is 26.6. The number of amides is 3. The van der Waals surface area contributed by atoms with Crippen molar-refractivity contribution in [1.82, 2.24) is 10.2 Å². The quantitative estimate of drug-likeness (QED) is 0.452. The molecular formula is C5H8N2O3. The number of aliphatic hydroxyl groups is 1. The fraction of sp³-hybridized carbons (Fsp3) is 0.600. The number of hydrogen-bond acceptors (Lipinski definition) is 3. The Bertz CT molecular complexity index is 162. The predicted molar refractivity (Wildman–Crippen MR) is 31.9 cm³/mol. The Morgan fingerprint density at radius 2 is 2.30 bits per heavy atom. The van der Waals surface area contributed by atoms with Crippen LogP contribution >= 0.6 is 0 Å². The molecule has 5 nitrogen and oxygen atoms in total. The van der Waals surface area contributed by atoms with Crippen LogP contribution < -0.4 is 5.32 Å². The van der Waals surface area contributed by atoms with Crippen LogP contribution in [-0.2, 0) is 4.79 Å². The van der Waals surface area contributed by atoms with E-state index in [0.717, 1.165) is 4.90 Å². The molecule has 0 aromatic heterocycles. The van der Waals surface area contributed by atoms with Crippen molar-refractivity contribution in [3.05, 3.63) is 0 Å². The number of nitrogens with one attached hydrogen (secondary N) is 1. The summed E-state index contributed by atoms with van der Waals surface area (Å²) in [7, 11) is 1.36. The Hall–Kier alpha value is -1.10. The monoisotopic (exact) mass is 144 g/mol. The lowest BCUT2D eigenvalue weighted by Crippen LogP contribution is -2.52. The first-order valence-electron chi connectivity index (χ1n) is 2.86. The third-order valence-electron chi connectivity index (χ3n) is 1.34. The number of carbonyl (C=O) groups excluding carboxylic acids is 2. The third kappa shape index (κ3) is 1.08. The summed E-state index contributed by atoms with van der Waals surface area (Å²) in [5.74, 6) is -0.365. The molecule has 0 spiro atoms. The van der Waals surface area contributed by atoms with Crippen LogP contribution in [0.2, 0.25) is 0 Å². The minimum Gasteiger partial charge on any atom is -0.373 e. The summed E-state index contributed by atoms with van der Waals surface area (Å²) in [5, 5.41) is 11.0. The minimum absolute atomic E-state index is 0.0394. The second-order valence-electron chi connectivity index (χ2n) is 2.12. The summed E-state index contributed by atoms with van der Waals surface area (Å²) >= 11 is 0. The second kappa shape index (κ2) is 2.26. The van der Waals surface area contributed by atoms with Gasteiger partial charge < -0.3 is 10.4 Å². The van der Waals surface area contributed by atoms with Crippen molar-refractivity contribution in [3.8, 4) is 0 Å². The van der Waals surface area contributed by atoms with E-state index in [1.807, 2.05) is 0 Å². The summed E-state index contributed by atoms with van der Waals surface area (Å²) in [5.41, 5.74) is 0. The van der Waals surface area contributed by atoms with Gasteiger partial charge in [-0.05, 0) is 0 Å². The van der Waals surface area contributed by atoms with E-state index in [1.54, 1.807) is 0 Å². The number of nitrogens with zero attached hydrogens (tertiary/aromatic N) is 1. The molecule has 10 heavy (non-hydrogen) atoms. The molecule has 3 amide bonds. The molecular weight excluding hydrogens is 136 g/mol. The van der Waals surface area contributed by atoms with E-state index in [1.165, 1.54) is 7.05 Å². The highest BCUT2D eigenvalue weighted by Crippen LogP contribution is 2.01. The molecule has 1 saturated heterocycles. The summed E-state index contributed by atoms with van der Waals surface area (Å²) in [4.78, 5) is 22.3. The van der Waals surface area contributed by atoms with Gasteiger partial charge in [-0.3, -0.25) is 9.69 Å². The van der Waals surface area contributed by atoms with Gasteiger partial charge in [0.25, 0.3) is 0 Å². The predicted octanol–water partition coefficient (Wildman–Crippen LogP) is -1.12. The summed E-state index contributed by atoms with van der Waals surface area (Å²) in [6, 6.07) is -0.552. The van der Waals surface area contributed by atoms with Crippen molar-refractivity contribution >= 4 is 11.9 Å². The molecule has 1 rings (SSSR count). The van der Waals surface area contributed by atoms with Crippen LogP contribution in [0.1, 0.15) is 6.42 Å². The lowest BCUT2D eigenvalue weighted by atomic mass is 10.3. The van der Waals surface area contributed by atoms with Crippen LogP contribution in [0.25, 0.3) is 0 Å². The second-order valence-corrected chi connectivity index (χ2v) is 2.12. The Balaban J connectivity index is 2.66. The van der Waals surface area contributed by atoms with Crippen LogP contribution in [0.3, 0.4) is 0 Å². The smallest absolute Gasteiger partial charge is 0.325 e. The number of imide groups is 1. The van der Waals surface area contributed by atoms with Gasteiger partial charge >= 0.3 is 6.03 Å². The van der Waals surface area contributed by atoms with E-state index < -0.39 is 12.3 Å². The van der Waals surface area contributed by atoms with Gasteiger partial charge in [-0.25, -0.2) is 4.79 Å². The van der Waals surface area contributed by atoms with Crippen LogP contribution in [0.4, 0.5) is 4.79 Å². The standard InChI is InChI=1S/C5H8N2O3/c1-7-4(9)2-3(8)6-5(7)10/h3,8H,2H2,1H3,(H,6,10). The zero-order valence-electron chi connectivity index (χ0n) is 5.50. The average Bonchev–Trinajstić information content (AvgIpc) is 1.82. The maximum Gasteiger partial charge on any atom is 0.325 e. The van der Waals surface area contributed by atoms with Gasteiger partial charge in [-0.2, -0.15) is 0 Å². The van der Waals surface area contributed by atoms with Gasteiger partial charge in [0.1, 0.15) is 6.23 Å². The first-order valence-corrected chi connectivity index (χ1v) is 2.86. The van der Waals surface area contributed by atoms with Crippen LogP contribution in [0.5, 0.6) is 0 Å². The topological polar surface area (TPSA) is 69.6 Å². The molecule has 1 atom stereocenters. The molecule has 56 valence electrons. The van der Waals surface area contributed by atoms with E-state index in [4.69, 9.17) is 5.11 Å². The molecule has 1 aliphatic heterocycles. The lowest BCUT2D eigenvalue weighted by Gasteiger charge is -2.25. The lowest BCUT2D eigenvalue weighted by molar-refractivity contribution is -0.131. The minimum atomic E-state index is -1.02.